The average molecular weight is 241 g/mol. The van der Waals surface area contributed by atoms with Crippen LogP contribution in [-0.2, 0) is 0 Å². The first-order valence-corrected chi connectivity index (χ1v) is 6.18. The van der Waals surface area contributed by atoms with Crippen molar-refractivity contribution >= 4 is 5.70 Å². The van der Waals surface area contributed by atoms with Crippen LogP contribution < -0.4 is 4.74 Å². The van der Waals surface area contributed by atoms with E-state index in [1.807, 2.05) is 26.1 Å². The third-order valence-corrected chi connectivity index (χ3v) is 3.17. The number of allylic oxidation sites excluding steroid dienone is 3. The van der Waals surface area contributed by atoms with Gasteiger partial charge >= 0.3 is 0 Å². The second-order valence-electron chi connectivity index (χ2n) is 4.36. The third kappa shape index (κ3) is 2.33. The minimum Gasteiger partial charge on any atom is -0.494 e. The summed E-state index contributed by atoms with van der Waals surface area (Å²) in [5.41, 5.74) is 4.58. The van der Waals surface area contributed by atoms with Crippen molar-refractivity contribution in [3.05, 3.63) is 59.8 Å². The molecule has 0 aliphatic carbocycles. The van der Waals surface area contributed by atoms with Crippen molar-refractivity contribution in [2.24, 2.45) is 0 Å². The van der Waals surface area contributed by atoms with Crippen LogP contribution in [0.1, 0.15) is 19.4 Å². The van der Waals surface area contributed by atoms with E-state index in [9.17, 15) is 0 Å². The molecule has 0 fully saturated rings. The van der Waals surface area contributed by atoms with Crippen molar-refractivity contribution in [2.45, 2.75) is 13.8 Å². The first-order chi connectivity index (χ1) is 8.63. The van der Waals surface area contributed by atoms with Gasteiger partial charge in [-0.2, -0.15) is 0 Å². The molecule has 0 atom stereocenters. The zero-order valence-electron chi connectivity index (χ0n) is 11.2. The zero-order chi connectivity index (χ0) is 13.1. The van der Waals surface area contributed by atoms with E-state index in [4.69, 9.17) is 4.74 Å². The summed E-state index contributed by atoms with van der Waals surface area (Å²) in [7, 11) is 2.04. The molecule has 1 aromatic rings. The molecule has 1 aliphatic rings. The minimum absolute atomic E-state index is 0.695. The second-order valence-corrected chi connectivity index (χ2v) is 4.36. The van der Waals surface area contributed by atoms with Crippen molar-refractivity contribution in [1.29, 1.82) is 0 Å². The number of hydrogen-bond donors (Lipinski definition) is 0. The van der Waals surface area contributed by atoms with Crippen molar-refractivity contribution in [3.8, 4) is 5.75 Å². The molecule has 2 heteroatoms. The summed E-state index contributed by atoms with van der Waals surface area (Å²) >= 11 is 0. The second kappa shape index (κ2) is 5.13. The van der Waals surface area contributed by atoms with Gasteiger partial charge in [0.1, 0.15) is 5.75 Å². The molecule has 0 unspecified atom stereocenters. The smallest absolute Gasteiger partial charge is 0.119 e. The fourth-order valence-corrected chi connectivity index (χ4v) is 2.00. The molecular formula is C16H19NO. The Hall–Kier alpha value is -1.96. The van der Waals surface area contributed by atoms with Crippen LogP contribution in [0.3, 0.4) is 0 Å². The van der Waals surface area contributed by atoms with Crippen molar-refractivity contribution in [2.75, 3.05) is 13.7 Å². The van der Waals surface area contributed by atoms with Gasteiger partial charge in [0, 0.05) is 18.4 Å². The van der Waals surface area contributed by atoms with E-state index >= 15 is 0 Å². The molecule has 18 heavy (non-hydrogen) atoms. The maximum absolute atomic E-state index is 5.45. The lowest BCUT2D eigenvalue weighted by Crippen LogP contribution is -2.18. The van der Waals surface area contributed by atoms with Gasteiger partial charge in [-0.15, -0.1) is 0 Å². The van der Waals surface area contributed by atoms with Gasteiger partial charge in [0.25, 0.3) is 0 Å². The molecule has 0 saturated heterocycles. The number of nitrogens with zero attached hydrogens (tertiary/aromatic N) is 1. The highest BCUT2D eigenvalue weighted by Gasteiger charge is 2.14. The Kier molecular flexibility index (Phi) is 3.56. The highest BCUT2D eigenvalue weighted by molar-refractivity contribution is 5.70. The molecule has 0 N–H and O–H groups in total. The van der Waals surface area contributed by atoms with Crippen LogP contribution in [0, 0.1) is 0 Å². The van der Waals surface area contributed by atoms with E-state index in [2.05, 4.69) is 42.7 Å². The Morgan fingerprint density at radius 2 is 1.83 bits per heavy atom. The predicted molar refractivity (Wildman–Crippen MR) is 76.2 cm³/mol. The fourth-order valence-electron chi connectivity index (χ4n) is 2.00. The quantitative estimate of drug-likeness (QED) is 0.797. The third-order valence-electron chi connectivity index (χ3n) is 3.17. The minimum atomic E-state index is 0.695. The van der Waals surface area contributed by atoms with E-state index in [1.165, 1.54) is 11.1 Å². The highest BCUT2D eigenvalue weighted by Crippen LogP contribution is 2.29. The molecular weight excluding hydrogens is 222 g/mol. The molecule has 0 radical (unpaired) electrons. The van der Waals surface area contributed by atoms with Crippen LogP contribution in [0.25, 0.3) is 5.70 Å². The van der Waals surface area contributed by atoms with Crippen LogP contribution in [0.2, 0.25) is 0 Å². The van der Waals surface area contributed by atoms with E-state index in [0.29, 0.717) is 6.61 Å². The van der Waals surface area contributed by atoms with Gasteiger partial charge in [-0.05, 0) is 55.3 Å². The van der Waals surface area contributed by atoms with Crippen molar-refractivity contribution in [1.82, 2.24) is 4.90 Å². The maximum atomic E-state index is 5.45. The number of hydrogen-bond acceptors (Lipinski definition) is 2. The van der Waals surface area contributed by atoms with E-state index in [1.54, 1.807) is 0 Å². The van der Waals surface area contributed by atoms with Gasteiger partial charge in [-0.1, -0.05) is 12.7 Å². The number of likely N-dealkylation sites (N-methyl/N-ethyl adjacent to an activating group) is 1. The molecule has 2 nitrogen and oxygen atoms in total. The molecule has 1 heterocycles. The zero-order valence-corrected chi connectivity index (χ0v) is 11.2. The predicted octanol–water partition coefficient (Wildman–Crippen LogP) is 3.83. The van der Waals surface area contributed by atoms with Gasteiger partial charge in [0.15, 0.2) is 0 Å². The summed E-state index contributed by atoms with van der Waals surface area (Å²) < 4.78 is 5.45. The van der Waals surface area contributed by atoms with Gasteiger partial charge in [0.2, 0.25) is 0 Å². The van der Waals surface area contributed by atoms with Crippen LogP contribution in [0.5, 0.6) is 5.75 Å². The Morgan fingerprint density at radius 1 is 1.17 bits per heavy atom. The molecule has 0 saturated carbocycles. The SMILES string of the molecule is C=C1C(C)=CC=C(c2ccc(OCC)cc2)N1C. The summed E-state index contributed by atoms with van der Waals surface area (Å²) in [4.78, 5) is 2.12. The van der Waals surface area contributed by atoms with E-state index < -0.39 is 0 Å². The van der Waals surface area contributed by atoms with Crippen LogP contribution in [0.15, 0.2) is 54.3 Å². The lowest BCUT2D eigenvalue weighted by molar-refractivity contribution is 0.340. The maximum Gasteiger partial charge on any atom is 0.119 e. The summed E-state index contributed by atoms with van der Waals surface area (Å²) in [5, 5.41) is 0. The largest absolute Gasteiger partial charge is 0.494 e. The van der Waals surface area contributed by atoms with Gasteiger partial charge in [-0.25, -0.2) is 0 Å². The Balaban J connectivity index is 2.29. The van der Waals surface area contributed by atoms with Gasteiger partial charge in [-0.3, -0.25) is 0 Å². The average Bonchev–Trinajstić information content (AvgIpc) is 2.38. The summed E-state index contributed by atoms with van der Waals surface area (Å²) in [6, 6.07) is 8.16. The Bertz CT molecular complexity index is 508. The molecule has 2 rings (SSSR count). The fraction of sp³-hybridized carbons (Fsp3) is 0.250. The lowest BCUT2D eigenvalue weighted by atomic mass is 10.0. The lowest BCUT2D eigenvalue weighted by Gasteiger charge is -2.28. The van der Waals surface area contributed by atoms with Crippen LogP contribution in [-0.4, -0.2) is 18.6 Å². The normalized spacial score (nSPS) is 15.3. The number of ether oxygens (including phenoxy) is 1. The molecule has 1 aliphatic heterocycles. The van der Waals surface area contributed by atoms with E-state index in [-0.39, 0.29) is 0 Å². The van der Waals surface area contributed by atoms with Crippen molar-refractivity contribution < 1.29 is 4.74 Å². The molecule has 0 aromatic heterocycles. The molecule has 0 bridgehead atoms. The van der Waals surface area contributed by atoms with Crippen LogP contribution >= 0.6 is 0 Å². The first kappa shape index (κ1) is 12.5. The Labute approximate surface area is 109 Å². The Morgan fingerprint density at radius 3 is 2.44 bits per heavy atom. The molecule has 1 aromatic carbocycles. The molecule has 0 amide bonds. The topological polar surface area (TPSA) is 12.5 Å². The summed E-state index contributed by atoms with van der Waals surface area (Å²) in [6.07, 6.45) is 4.23. The molecule has 0 spiro atoms. The van der Waals surface area contributed by atoms with Crippen LogP contribution in [0.4, 0.5) is 0 Å². The van der Waals surface area contributed by atoms with E-state index in [0.717, 1.165) is 17.1 Å². The number of rotatable bonds is 3. The highest BCUT2D eigenvalue weighted by atomic mass is 16.5. The first-order valence-electron chi connectivity index (χ1n) is 6.18. The van der Waals surface area contributed by atoms with Crippen molar-refractivity contribution in [3.63, 3.8) is 0 Å². The van der Waals surface area contributed by atoms with Gasteiger partial charge < -0.3 is 9.64 Å². The summed E-state index contributed by atoms with van der Waals surface area (Å²) in [5.74, 6) is 0.908. The van der Waals surface area contributed by atoms with Gasteiger partial charge in [0.05, 0.1) is 6.61 Å². The molecule has 94 valence electrons. The standard InChI is InChI=1S/C16H19NO/c1-5-18-15-9-7-14(8-10-15)16-11-6-12(2)13(3)17(16)4/h6-11H,3,5H2,1-2,4H3. The summed E-state index contributed by atoms with van der Waals surface area (Å²) in [6.45, 7) is 8.85. The number of benzene rings is 1. The monoisotopic (exact) mass is 241 g/mol.